The molecule has 5 heteroatoms. The van der Waals surface area contributed by atoms with E-state index >= 15 is 0 Å². The van der Waals surface area contributed by atoms with Gasteiger partial charge in [-0.05, 0) is 12.0 Å². The summed E-state index contributed by atoms with van der Waals surface area (Å²) in [5.74, 6) is 0.138. The molecule has 0 aromatic carbocycles. The maximum Gasteiger partial charge on any atom is 0.253 e. The molecule has 1 aromatic heterocycles. The average Bonchev–Trinajstić information content (AvgIpc) is 2.59. The Morgan fingerprint density at radius 3 is 2.94 bits per heavy atom. The lowest BCUT2D eigenvalue weighted by Crippen LogP contribution is -2.34. The van der Waals surface area contributed by atoms with Gasteiger partial charge in [-0.15, -0.1) is 0 Å². The zero-order valence-corrected chi connectivity index (χ0v) is 9.78. The Kier molecular flexibility index (Phi) is 3.56. The molecule has 1 aliphatic rings. The minimum atomic E-state index is -0.924. The number of pyridine rings is 1. The Morgan fingerprint density at radius 1 is 1.47 bits per heavy atom. The van der Waals surface area contributed by atoms with E-state index in [2.05, 4.69) is 4.98 Å². The van der Waals surface area contributed by atoms with Crippen molar-refractivity contribution in [1.29, 1.82) is 0 Å². The molecule has 0 fully saturated rings. The molecule has 2 heterocycles. The van der Waals surface area contributed by atoms with E-state index in [0.717, 1.165) is 17.7 Å². The van der Waals surface area contributed by atoms with Gasteiger partial charge in [0.15, 0.2) is 6.67 Å². The van der Waals surface area contributed by atoms with E-state index in [1.807, 2.05) is 12.1 Å². The van der Waals surface area contributed by atoms with Crippen molar-refractivity contribution in [2.45, 2.75) is 12.8 Å². The number of alkyl halides is 1. The minimum Gasteiger partial charge on any atom is -0.481 e. The van der Waals surface area contributed by atoms with Gasteiger partial charge in [0.1, 0.15) is 0 Å². The molecule has 0 atom stereocenters. The summed E-state index contributed by atoms with van der Waals surface area (Å²) in [6, 6.07) is 3.77. The number of fused-ring (bicyclic) bond motifs is 1. The summed E-state index contributed by atoms with van der Waals surface area (Å²) in [6.45, 7) is 0.160. The quantitative estimate of drug-likeness (QED) is 0.771. The van der Waals surface area contributed by atoms with Crippen molar-refractivity contribution < 1.29 is 13.9 Å². The second-order valence-corrected chi connectivity index (χ2v) is 3.97. The van der Waals surface area contributed by atoms with Gasteiger partial charge in [-0.25, -0.2) is 9.37 Å². The number of methoxy groups -OCH3 is 1. The summed E-state index contributed by atoms with van der Waals surface area (Å²) in [5.41, 5.74) is 2.05. The Hall–Kier alpha value is -1.65. The van der Waals surface area contributed by atoms with Gasteiger partial charge in [0.25, 0.3) is 5.91 Å². The highest BCUT2D eigenvalue weighted by atomic mass is 19.1. The van der Waals surface area contributed by atoms with Crippen molar-refractivity contribution in [3.05, 3.63) is 23.4 Å². The third-order valence-corrected chi connectivity index (χ3v) is 2.99. The number of ether oxygens (including phenoxy) is 1. The first-order chi connectivity index (χ1) is 8.24. The molecule has 17 heavy (non-hydrogen) atoms. The molecular weight excluding hydrogens is 223 g/mol. The van der Waals surface area contributed by atoms with Crippen LogP contribution in [0, 0.1) is 0 Å². The number of carbonyl (C=O) groups is 1. The zero-order valence-electron chi connectivity index (χ0n) is 9.78. The highest BCUT2D eigenvalue weighted by Gasteiger charge is 2.19. The van der Waals surface area contributed by atoms with Crippen LogP contribution in [-0.4, -0.2) is 42.7 Å². The van der Waals surface area contributed by atoms with Crippen LogP contribution in [0.5, 0.6) is 5.88 Å². The maximum atomic E-state index is 12.3. The first kappa shape index (κ1) is 11.8. The molecule has 0 bridgehead atoms. The highest BCUT2D eigenvalue weighted by molar-refractivity contribution is 5.77. The van der Waals surface area contributed by atoms with E-state index in [1.165, 1.54) is 0 Å². The van der Waals surface area contributed by atoms with Crippen molar-refractivity contribution in [2.75, 3.05) is 26.9 Å². The normalized spacial score (nSPS) is 15.1. The van der Waals surface area contributed by atoms with E-state index < -0.39 is 12.6 Å². The monoisotopic (exact) mass is 238 g/mol. The summed E-state index contributed by atoms with van der Waals surface area (Å²) < 4.78 is 17.4. The van der Waals surface area contributed by atoms with Crippen LogP contribution >= 0.6 is 0 Å². The predicted molar refractivity (Wildman–Crippen MR) is 60.8 cm³/mol. The second-order valence-electron chi connectivity index (χ2n) is 3.97. The number of carbonyl (C=O) groups excluding carboxylic acids is 1. The summed E-state index contributed by atoms with van der Waals surface area (Å²) in [5, 5.41) is 0. The lowest BCUT2D eigenvalue weighted by Gasteiger charge is -2.17. The molecule has 1 aromatic rings. The molecule has 0 radical (unpaired) electrons. The minimum absolute atomic E-state index is 0.440. The van der Waals surface area contributed by atoms with E-state index in [4.69, 9.17) is 4.74 Å². The zero-order chi connectivity index (χ0) is 12.3. The smallest absolute Gasteiger partial charge is 0.253 e. The fraction of sp³-hybridized carbons (Fsp3) is 0.500. The number of hydrogen-bond donors (Lipinski definition) is 0. The maximum absolute atomic E-state index is 12.3. The number of nitrogens with zero attached hydrogens (tertiary/aromatic N) is 2. The lowest BCUT2D eigenvalue weighted by atomic mass is 10.1. The SMILES string of the molecule is COc1ccc2c(n1)CCN(C(=O)CF)CC2. The molecule has 4 nitrogen and oxygen atoms in total. The molecule has 0 aliphatic carbocycles. The summed E-state index contributed by atoms with van der Waals surface area (Å²) in [6.07, 6.45) is 1.37. The average molecular weight is 238 g/mol. The molecule has 0 N–H and O–H groups in total. The van der Waals surface area contributed by atoms with Crippen LogP contribution in [0.25, 0.3) is 0 Å². The Balaban J connectivity index is 2.15. The summed E-state index contributed by atoms with van der Waals surface area (Å²) in [7, 11) is 1.57. The number of halogens is 1. The molecule has 0 spiro atoms. The van der Waals surface area contributed by atoms with Crippen LogP contribution < -0.4 is 4.74 Å². The molecule has 0 saturated heterocycles. The number of amides is 1. The predicted octanol–water partition coefficient (Wildman–Crippen LogP) is 0.987. The van der Waals surface area contributed by atoms with Crippen molar-refractivity contribution >= 4 is 5.91 Å². The van der Waals surface area contributed by atoms with E-state index in [0.29, 0.717) is 25.4 Å². The van der Waals surface area contributed by atoms with Gasteiger partial charge in [0.05, 0.1) is 7.11 Å². The Bertz CT molecular complexity index is 423. The third kappa shape index (κ3) is 2.54. The van der Waals surface area contributed by atoms with Crippen LogP contribution in [-0.2, 0) is 17.6 Å². The van der Waals surface area contributed by atoms with E-state index in [1.54, 1.807) is 12.0 Å². The van der Waals surface area contributed by atoms with Crippen LogP contribution in [0.4, 0.5) is 4.39 Å². The largest absolute Gasteiger partial charge is 0.481 e. The number of rotatable bonds is 2. The molecule has 2 rings (SSSR count). The standard InChI is InChI=1S/C12H15FN2O2/c1-17-11-3-2-9-4-6-15(12(16)8-13)7-5-10(9)14-11/h2-3H,4-8H2,1H3. The van der Waals surface area contributed by atoms with Crippen molar-refractivity contribution in [2.24, 2.45) is 0 Å². The molecule has 92 valence electrons. The fourth-order valence-corrected chi connectivity index (χ4v) is 2.01. The van der Waals surface area contributed by atoms with Gasteiger partial charge in [-0.3, -0.25) is 4.79 Å². The molecule has 1 amide bonds. The molecule has 1 aliphatic heterocycles. The van der Waals surface area contributed by atoms with Gasteiger partial charge in [-0.2, -0.15) is 0 Å². The van der Waals surface area contributed by atoms with Crippen LogP contribution in [0.15, 0.2) is 12.1 Å². The second kappa shape index (κ2) is 5.12. The van der Waals surface area contributed by atoms with Crippen LogP contribution in [0.3, 0.4) is 0 Å². The number of aromatic nitrogens is 1. The Morgan fingerprint density at radius 2 is 2.24 bits per heavy atom. The molecule has 0 saturated carbocycles. The number of hydrogen-bond acceptors (Lipinski definition) is 3. The molecular formula is C12H15FN2O2. The lowest BCUT2D eigenvalue weighted by molar-refractivity contribution is -0.132. The molecule has 0 unspecified atom stereocenters. The van der Waals surface area contributed by atoms with E-state index in [-0.39, 0.29) is 0 Å². The third-order valence-electron chi connectivity index (χ3n) is 2.99. The van der Waals surface area contributed by atoms with Gasteiger partial charge < -0.3 is 9.64 Å². The van der Waals surface area contributed by atoms with Gasteiger partial charge >= 0.3 is 0 Å². The van der Waals surface area contributed by atoms with Gasteiger partial charge in [-0.1, -0.05) is 6.07 Å². The van der Waals surface area contributed by atoms with Crippen molar-refractivity contribution in [3.63, 3.8) is 0 Å². The summed E-state index contributed by atoms with van der Waals surface area (Å²) in [4.78, 5) is 17.2. The van der Waals surface area contributed by atoms with Crippen LogP contribution in [0.1, 0.15) is 11.3 Å². The van der Waals surface area contributed by atoms with Crippen molar-refractivity contribution in [1.82, 2.24) is 9.88 Å². The summed E-state index contributed by atoms with van der Waals surface area (Å²) >= 11 is 0. The highest BCUT2D eigenvalue weighted by Crippen LogP contribution is 2.17. The first-order valence-electron chi connectivity index (χ1n) is 5.61. The van der Waals surface area contributed by atoms with Gasteiger partial charge in [0.2, 0.25) is 5.88 Å². The van der Waals surface area contributed by atoms with E-state index in [9.17, 15) is 9.18 Å². The van der Waals surface area contributed by atoms with Gasteiger partial charge in [0, 0.05) is 31.3 Å². The first-order valence-corrected chi connectivity index (χ1v) is 5.61. The van der Waals surface area contributed by atoms with Crippen LogP contribution in [0.2, 0.25) is 0 Å². The van der Waals surface area contributed by atoms with Crippen molar-refractivity contribution in [3.8, 4) is 5.88 Å². The Labute approximate surface area is 99.4 Å². The fourth-order valence-electron chi connectivity index (χ4n) is 2.01. The topological polar surface area (TPSA) is 42.4 Å².